The first-order chi connectivity index (χ1) is 10.5. The van der Waals surface area contributed by atoms with E-state index in [0.717, 1.165) is 23.1 Å². The minimum atomic E-state index is -1.15. The monoisotopic (exact) mass is 306 g/mol. The first kappa shape index (κ1) is 15.6. The average molecular weight is 306 g/mol. The van der Waals surface area contributed by atoms with Crippen LogP contribution in [0.25, 0.3) is 0 Å². The minimum absolute atomic E-state index is 0.150. The van der Waals surface area contributed by atoms with Gasteiger partial charge in [-0.2, -0.15) is 0 Å². The van der Waals surface area contributed by atoms with Gasteiger partial charge in [-0.15, -0.1) is 0 Å². The molecule has 0 bridgehead atoms. The molecule has 1 aromatic heterocycles. The van der Waals surface area contributed by atoms with Gasteiger partial charge in [-0.1, -0.05) is 0 Å². The topological polar surface area (TPSA) is 70.5 Å². The molecule has 5 nitrogen and oxygen atoms in total. The van der Waals surface area contributed by atoms with Crippen molar-refractivity contribution in [2.45, 2.75) is 6.42 Å². The number of rotatable bonds is 5. The molecule has 0 radical (unpaired) electrons. The third-order valence-corrected chi connectivity index (χ3v) is 2.90. The quantitative estimate of drug-likeness (QED) is 0.921. The SMILES string of the molecule is O=C(O)CCN(C(=O)c1cccnc1)c1cc(F)ccc1F. The summed E-state index contributed by atoms with van der Waals surface area (Å²) in [5.74, 6) is -3.35. The zero-order chi connectivity index (χ0) is 16.1. The highest BCUT2D eigenvalue weighted by Crippen LogP contribution is 2.22. The smallest absolute Gasteiger partial charge is 0.305 e. The van der Waals surface area contributed by atoms with Crippen molar-refractivity contribution < 1.29 is 23.5 Å². The maximum atomic E-state index is 13.9. The van der Waals surface area contributed by atoms with Crippen LogP contribution >= 0.6 is 0 Å². The van der Waals surface area contributed by atoms with Crippen LogP contribution < -0.4 is 4.90 Å². The Labute approximate surface area is 124 Å². The average Bonchev–Trinajstić information content (AvgIpc) is 2.51. The molecule has 1 heterocycles. The molecule has 0 fully saturated rings. The molecule has 2 rings (SSSR count). The fourth-order valence-corrected chi connectivity index (χ4v) is 1.88. The van der Waals surface area contributed by atoms with Crippen LogP contribution in [0.15, 0.2) is 42.7 Å². The van der Waals surface area contributed by atoms with Gasteiger partial charge in [-0.05, 0) is 24.3 Å². The molecule has 1 amide bonds. The number of carboxylic acid groups (broad SMARTS) is 1. The molecular weight excluding hydrogens is 294 g/mol. The van der Waals surface area contributed by atoms with Gasteiger partial charge in [0.25, 0.3) is 5.91 Å². The number of benzene rings is 1. The van der Waals surface area contributed by atoms with Crippen molar-refractivity contribution in [3.63, 3.8) is 0 Å². The van der Waals surface area contributed by atoms with Crippen molar-refractivity contribution in [1.82, 2.24) is 4.98 Å². The number of carbonyl (C=O) groups excluding carboxylic acids is 1. The second-order valence-electron chi connectivity index (χ2n) is 4.44. The lowest BCUT2D eigenvalue weighted by molar-refractivity contribution is -0.136. The minimum Gasteiger partial charge on any atom is -0.481 e. The Bertz CT molecular complexity index is 692. The molecule has 0 saturated heterocycles. The van der Waals surface area contributed by atoms with E-state index < -0.39 is 29.9 Å². The summed E-state index contributed by atoms with van der Waals surface area (Å²) in [6.45, 7) is -0.288. The Hall–Kier alpha value is -2.83. The summed E-state index contributed by atoms with van der Waals surface area (Å²) < 4.78 is 27.2. The summed E-state index contributed by atoms with van der Waals surface area (Å²) in [6, 6.07) is 5.63. The zero-order valence-corrected chi connectivity index (χ0v) is 11.4. The number of anilines is 1. The molecule has 0 saturated carbocycles. The van der Waals surface area contributed by atoms with E-state index in [-0.39, 0.29) is 17.8 Å². The Kier molecular flexibility index (Phi) is 4.77. The highest BCUT2D eigenvalue weighted by molar-refractivity contribution is 6.06. The molecule has 0 unspecified atom stereocenters. The third-order valence-electron chi connectivity index (χ3n) is 2.90. The molecule has 1 N–H and O–H groups in total. The van der Waals surface area contributed by atoms with E-state index >= 15 is 0 Å². The molecule has 0 aliphatic rings. The van der Waals surface area contributed by atoms with Crippen molar-refractivity contribution in [2.75, 3.05) is 11.4 Å². The van der Waals surface area contributed by atoms with Gasteiger partial charge in [0.1, 0.15) is 11.6 Å². The molecule has 22 heavy (non-hydrogen) atoms. The normalized spacial score (nSPS) is 10.3. The number of pyridine rings is 1. The lowest BCUT2D eigenvalue weighted by Crippen LogP contribution is -2.34. The van der Waals surface area contributed by atoms with Gasteiger partial charge in [0.2, 0.25) is 0 Å². The third kappa shape index (κ3) is 3.63. The number of aliphatic carboxylic acids is 1. The second-order valence-corrected chi connectivity index (χ2v) is 4.44. The van der Waals surface area contributed by atoms with Gasteiger partial charge in [-0.25, -0.2) is 8.78 Å². The van der Waals surface area contributed by atoms with Crippen LogP contribution in [0.4, 0.5) is 14.5 Å². The molecule has 0 aliphatic heterocycles. The van der Waals surface area contributed by atoms with Crippen molar-refractivity contribution >= 4 is 17.6 Å². The van der Waals surface area contributed by atoms with E-state index in [4.69, 9.17) is 5.11 Å². The summed E-state index contributed by atoms with van der Waals surface area (Å²) in [5, 5.41) is 8.77. The number of hydrogen-bond acceptors (Lipinski definition) is 3. The zero-order valence-electron chi connectivity index (χ0n) is 11.4. The Morgan fingerprint density at radius 3 is 2.64 bits per heavy atom. The number of halogens is 2. The maximum absolute atomic E-state index is 13.9. The highest BCUT2D eigenvalue weighted by Gasteiger charge is 2.22. The second kappa shape index (κ2) is 6.75. The summed E-state index contributed by atoms with van der Waals surface area (Å²) >= 11 is 0. The Morgan fingerprint density at radius 2 is 2.00 bits per heavy atom. The van der Waals surface area contributed by atoms with Crippen LogP contribution in [0.1, 0.15) is 16.8 Å². The van der Waals surface area contributed by atoms with Crippen molar-refractivity contribution in [3.8, 4) is 0 Å². The largest absolute Gasteiger partial charge is 0.481 e. The van der Waals surface area contributed by atoms with Crippen molar-refractivity contribution in [3.05, 3.63) is 59.9 Å². The number of carboxylic acids is 1. The maximum Gasteiger partial charge on any atom is 0.305 e. The Balaban J connectivity index is 2.40. The van der Waals surface area contributed by atoms with Crippen molar-refractivity contribution in [1.29, 1.82) is 0 Å². The van der Waals surface area contributed by atoms with E-state index in [1.807, 2.05) is 0 Å². The summed E-state index contributed by atoms with van der Waals surface area (Å²) in [6.07, 6.45) is 2.33. The van der Waals surface area contributed by atoms with Gasteiger partial charge in [-0.3, -0.25) is 14.6 Å². The van der Waals surface area contributed by atoms with Crippen LogP contribution in [0.5, 0.6) is 0 Å². The van der Waals surface area contributed by atoms with Gasteiger partial charge in [0.05, 0.1) is 17.7 Å². The van der Waals surface area contributed by atoms with Crippen LogP contribution in [-0.2, 0) is 4.79 Å². The van der Waals surface area contributed by atoms with Gasteiger partial charge in [0, 0.05) is 25.0 Å². The van der Waals surface area contributed by atoms with E-state index in [0.29, 0.717) is 0 Å². The van der Waals surface area contributed by atoms with Crippen LogP contribution in [0.2, 0.25) is 0 Å². The van der Waals surface area contributed by atoms with Crippen LogP contribution in [0.3, 0.4) is 0 Å². The molecular formula is C15H12F2N2O3. The van der Waals surface area contributed by atoms with Crippen molar-refractivity contribution in [2.24, 2.45) is 0 Å². The predicted octanol–water partition coefficient (Wildman–Crippen LogP) is 2.48. The molecule has 1 aromatic carbocycles. The van der Waals surface area contributed by atoms with Crippen LogP contribution in [-0.4, -0.2) is 28.5 Å². The van der Waals surface area contributed by atoms with Gasteiger partial charge >= 0.3 is 5.97 Å². The Morgan fingerprint density at radius 1 is 1.23 bits per heavy atom. The molecule has 0 spiro atoms. The van der Waals surface area contributed by atoms with Gasteiger partial charge in [0.15, 0.2) is 0 Å². The lowest BCUT2D eigenvalue weighted by atomic mass is 10.2. The predicted molar refractivity (Wildman–Crippen MR) is 74.5 cm³/mol. The molecule has 7 heteroatoms. The molecule has 2 aromatic rings. The summed E-state index contributed by atoms with van der Waals surface area (Å²) in [5.41, 5.74) is -0.161. The molecule has 114 valence electrons. The first-order valence-corrected chi connectivity index (χ1v) is 6.38. The van der Waals surface area contributed by atoms with E-state index in [1.54, 1.807) is 0 Å². The molecule has 0 aliphatic carbocycles. The number of hydrogen-bond donors (Lipinski definition) is 1. The molecule has 0 atom stereocenters. The summed E-state index contributed by atoms with van der Waals surface area (Å²) in [7, 11) is 0. The number of carbonyl (C=O) groups is 2. The van der Waals surface area contributed by atoms with E-state index in [2.05, 4.69) is 4.98 Å². The first-order valence-electron chi connectivity index (χ1n) is 6.38. The standard InChI is InChI=1S/C15H12F2N2O3/c16-11-3-4-12(17)13(8-11)19(7-5-14(20)21)15(22)10-2-1-6-18-9-10/h1-4,6,8-9H,5,7H2,(H,20,21). The summed E-state index contributed by atoms with van der Waals surface area (Å²) in [4.78, 5) is 27.8. The van der Waals surface area contributed by atoms with Crippen LogP contribution in [0, 0.1) is 11.6 Å². The number of nitrogens with zero attached hydrogens (tertiary/aromatic N) is 2. The fraction of sp³-hybridized carbons (Fsp3) is 0.133. The highest BCUT2D eigenvalue weighted by atomic mass is 19.1. The number of aromatic nitrogens is 1. The lowest BCUT2D eigenvalue weighted by Gasteiger charge is -2.22. The van der Waals surface area contributed by atoms with E-state index in [9.17, 15) is 18.4 Å². The number of amides is 1. The van der Waals surface area contributed by atoms with E-state index in [1.165, 1.54) is 24.5 Å². The fourth-order valence-electron chi connectivity index (χ4n) is 1.88. The van der Waals surface area contributed by atoms with Gasteiger partial charge < -0.3 is 10.0 Å².